The molecule has 1 N–H and O–H groups in total. The maximum Gasteiger partial charge on any atom is 0.412 e. The van der Waals surface area contributed by atoms with E-state index in [2.05, 4.69) is 39.6 Å². The third-order valence-corrected chi connectivity index (χ3v) is 7.76. The predicted octanol–water partition coefficient (Wildman–Crippen LogP) is 6.27. The van der Waals surface area contributed by atoms with Gasteiger partial charge in [0.05, 0.1) is 12.0 Å². The number of hydrogen-bond donors (Lipinski definition) is 1. The Hall–Kier alpha value is -3.81. The molecule has 0 spiro atoms. The molecule has 5 rings (SSSR count). The Bertz CT molecular complexity index is 1260. The number of carbonyl (C=O) groups is 2. The first-order chi connectivity index (χ1) is 18.4. The molecule has 8 nitrogen and oxygen atoms in total. The number of carbonyl (C=O) groups excluding carboxylic acids is 2. The van der Waals surface area contributed by atoms with Crippen LogP contribution in [0.25, 0.3) is 0 Å². The molecule has 1 aromatic heterocycles. The van der Waals surface area contributed by atoms with Crippen LogP contribution in [0.5, 0.6) is 0 Å². The fourth-order valence-electron chi connectivity index (χ4n) is 5.30. The highest BCUT2D eigenvalue weighted by Crippen LogP contribution is 2.49. The van der Waals surface area contributed by atoms with Gasteiger partial charge in [0.2, 0.25) is 0 Å². The van der Waals surface area contributed by atoms with Crippen molar-refractivity contribution in [3.63, 3.8) is 0 Å². The molecule has 1 aliphatic carbocycles. The van der Waals surface area contributed by atoms with E-state index in [0.717, 1.165) is 49.9 Å². The third-order valence-electron chi connectivity index (χ3n) is 7.76. The van der Waals surface area contributed by atoms with Crippen LogP contribution in [0.2, 0.25) is 0 Å². The minimum atomic E-state index is -0.542. The van der Waals surface area contributed by atoms with Crippen molar-refractivity contribution in [3.8, 4) is 0 Å². The van der Waals surface area contributed by atoms with Gasteiger partial charge in [0, 0.05) is 13.1 Å². The highest BCUT2D eigenvalue weighted by atomic mass is 16.6. The van der Waals surface area contributed by atoms with Crippen LogP contribution < -0.4 is 10.2 Å². The van der Waals surface area contributed by atoms with E-state index in [0.29, 0.717) is 29.8 Å². The summed E-state index contributed by atoms with van der Waals surface area (Å²) in [6.07, 6.45) is 2.67. The third kappa shape index (κ3) is 5.26. The quantitative estimate of drug-likeness (QED) is 0.352. The molecule has 2 heterocycles. The average Bonchev–Trinajstić information content (AvgIpc) is 3.68. The number of aromatic nitrogens is 1. The fourth-order valence-corrected chi connectivity index (χ4v) is 5.30. The highest BCUT2D eigenvalue weighted by Gasteiger charge is 2.52. The number of aryl methyl sites for hydroxylation is 1. The number of nitrogens with one attached hydrogen (secondary N) is 1. The second-order valence-corrected chi connectivity index (χ2v) is 10.2. The van der Waals surface area contributed by atoms with Crippen LogP contribution in [0.3, 0.4) is 0 Å². The summed E-state index contributed by atoms with van der Waals surface area (Å²) >= 11 is 0. The molecular formula is C30H35N3O5. The minimum absolute atomic E-state index is 0.105. The SMILES string of the molecule is CCOC(=O)C1(c2ccc(C3CCN(c4onc(C)c4NC(=O)O[C@H](C)c4ccccc4)CC3)cc2)CC1. The molecule has 1 atom stereocenters. The molecule has 2 aliphatic rings. The molecule has 0 unspecified atom stereocenters. The Morgan fingerprint density at radius 1 is 1.11 bits per heavy atom. The lowest BCUT2D eigenvalue weighted by Gasteiger charge is -2.32. The zero-order valence-electron chi connectivity index (χ0n) is 22.2. The van der Waals surface area contributed by atoms with Gasteiger partial charge in [-0.15, -0.1) is 0 Å². The summed E-state index contributed by atoms with van der Waals surface area (Å²) in [6, 6.07) is 18.1. The smallest absolute Gasteiger partial charge is 0.412 e. The summed E-state index contributed by atoms with van der Waals surface area (Å²) in [5.41, 5.74) is 3.97. The van der Waals surface area contributed by atoms with Gasteiger partial charge >= 0.3 is 12.1 Å². The molecule has 0 bridgehead atoms. The Kier molecular flexibility index (Phi) is 7.40. The van der Waals surface area contributed by atoms with E-state index in [-0.39, 0.29) is 12.1 Å². The van der Waals surface area contributed by atoms with Gasteiger partial charge in [-0.25, -0.2) is 4.79 Å². The Morgan fingerprint density at radius 3 is 2.42 bits per heavy atom. The van der Waals surface area contributed by atoms with Gasteiger partial charge in [0.25, 0.3) is 5.88 Å². The fraction of sp³-hybridized carbons (Fsp3) is 0.433. The van der Waals surface area contributed by atoms with Crippen LogP contribution in [0, 0.1) is 6.92 Å². The number of ether oxygens (including phenoxy) is 2. The first-order valence-corrected chi connectivity index (χ1v) is 13.4. The van der Waals surface area contributed by atoms with Crippen LogP contribution in [0.1, 0.15) is 73.9 Å². The Balaban J connectivity index is 1.19. The molecule has 0 radical (unpaired) electrons. The number of benzene rings is 2. The topological polar surface area (TPSA) is 93.9 Å². The summed E-state index contributed by atoms with van der Waals surface area (Å²) in [5, 5.41) is 6.95. The lowest BCUT2D eigenvalue weighted by atomic mass is 9.87. The van der Waals surface area contributed by atoms with Crippen LogP contribution in [-0.4, -0.2) is 36.9 Å². The molecule has 2 aromatic carbocycles. The van der Waals surface area contributed by atoms with Gasteiger partial charge in [0.1, 0.15) is 17.5 Å². The first kappa shape index (κ1) is 25.8. The van der Waals surface area contributed by atoms with Gasteiger partial charge in [-0.05, 0) is 69.1 Å². The zero-order chi connectivity index (χ0) is 26.7. The molecule has 38 heavy (non-hydrogen) atoms. The Morgan fingerprint density at radius 2 is 1.79 bits per heavy atom. The van der Waals surface area contributed by atoms with E-state index >= 15 is 0 Å². The number of hydrogen-bond acceptors (Lipinski definition) is 7. The molecule has 8 heteroatoms. The molecule has 200 valence electrons. The van der Waals surface area contributed by atoms with E-state index in [1.54, 1.807) is 6.92 Å². The molecule has 1 saturated carbocycles. The van der Waals surface area contributed by atoms with Gasteiger partial charge in [0.15, 0.2) is 0 Å². The largest absolute Gasteiger partial charge is 0.465 e. The molecule has 2 fully saturated rings. The van der Waals surface area contributed by atoms with Gasteiger partial charge in [-0.3, -0.25) is 10.1 Å². The van der Waals surface area contributed by atoms with E-state index in [1.807, 2.05) is 44.2 Å². The number of amides is 1. The normalized spacial score (nSPS) is 17.5. The van der Waals surface area contributed by atoms with Gasteiger partial charge < -0.3 is 18.9 Å². The lowest BCUT2D eigenvalue weighted by molar-refractivity contribution is -0.146. The highest BCUT2D eigenvalue weighted by molar-refractivity contribution is 5.89. The zero-order valence-corrected chi connectivity index (χ0v) is 22.2. The monoisotopic (exact) mass is 517 g/mol. The minimum Gasteiger partial charge on any atom is -0.465 e. The molecule has 1 saturated heterocycles. The van der Waals surface area contributed by atoms with Crippen LogP contribution in [0.4, 0.5) is 16.4 Å². The van der Waals surface area contributed by atoms with Crippen molar-refractivity contribution in [2.75, 3.05) is 29.9 Å². The molecular weight excluding hydrogens is 482 g/mol. The summed E-state index contributed by atoms with van der Waals surface area (Å²) < 4.78 is 16.5. The standard InChI is InChI=1S/C30H35N3O5/c1-4-36-28(34)30(16-17-30)25-12-10-23(11-13-25)24-14-18-33(19-15-24)27-26(20(2)32-38-27)31-29(35)37-21(3)22-8-6-5-7-9-22/h5-13,21,24H,4,14-19H2,1-3H3,(H,31,35)/t21-/m1/s1. The van der Waals surface area contributed by atoms with Crippen molar-refractivity contribution in [2.45, 2.75) is 63.9 Å². The average molecular weight is 518 g/mol. The van der Waals surface area contributed by atoms with Crippen molar-refractivity contribution in [2.24, 2.45) is 0 Å². The first-order valence-electron chi connectivity index (χ1n) is 13.4. The van der Waals surface area contributed by atoms with Gasteiger partial charge in [-0.1, -0.05) is 59.8 Å². The summed E-state index contributed by atoms with van der Waals surface area (Å²) in [5.74, 6) is 0.868. The lowest BCUT2D eigenvalue weighted by Crippen LogP contribution is -2.33. The van der Waals surface area contributed by atoms with Crippen LogP contribution >= 0.6 is 0 Å². The van der Waals surface area contributed by atoms with Gasteiger partial charge in [-0.2, -0.15) is 0 Å². The van der Waals surface area contributed by atoms with E-state index in [9.17, 15) is 9.59 Å². The van der Waals surface area contributed by atoms with Crippen molar-refractivity contribution in [3.05, 3.63) is 77.0 Å². The summed E-state index contributed by atoms with van der Waals surface area (Å²) in [7, 11) is 0. The van der Waals surface area contributed by atoms with Crippen LogP contribution in [0.15, 0.2) is 59.1 Å². The number of piperidine rings is 1. The summed E-state index contributed by atoms with van der Waals surface area (Å²) in [4.78, 5) is 27.2. The summed E-state index contributed by atoms with van der Waals surface area (Å²) in [6.45, 7) is 7.46. The maximum absolute atomic E-state index is 12.6. The molecule has 3 aromatic rings. The number of nitrogens with zero attached hydrogens (tertiary/aromatic N) is 2. The van der Waals surface area contributed by atoms with E-state index in [4.69, 9.17) is 14.0 Å². The van der Waals surface area contributed by atoms with Crippen molar-refractivity contribution < 1.29 is 23.6 Å². The predicted molar refractivity (Wildman–Crippen MR) is 144 cm³/mol. The van der Waals surface area contributed by atoms with Crippen molar-refractivity contribution >= 4 is 23.6 Å². The number of esters is 1. The second-order valence-electron chi connectivity index (χ2n) is 10.2. The van der Waals surface area contributed by atoms with E-state index < -0.39 is 11.5 Å². The number of rotatable bonds is 8. The maximum atomic E-state index is 12.6. The molecule has 1 aliphatic heterocycles. The molecule has 1 amide bonds. The Labute approximate surface area is 223 Å². The second kappa shape index (κ2) is 10.9. The van der Waals surface area contributed by atoms with Crippen molar-refractivity contribution in [1.29, 1.82) is 0 Å². The van der Waals surface area contributed by atoms with Crippen LogP contribution in [-0.2, 0) is 19.7 Å². The van der Waals surface area contributed by atoms with E-state index in [1.165, 1.54) is 5.56 Å². The van der Waals surface area contributed by atoms with Crippen molar-refractivity contribution in [1.82, 2.24) is 5.16 Å². The number of anilines is 2.